The Morgan fingerprint density at radius 2 is 1.87 bits per heavy atom. The third kappa shape index (κ3) is 5.77. The van der Waals surface area contributed by atoms with Gasteiger partial charge < -0.3 is 19.9 Å². The Morgan fingerprint density at radius 1 is 1.16 bits per heavy atom. The standard InChI is InChI=1S/C24H35N3O4/c1-16-6-5-7-21(17(16)2)27-14-19(12-23(27)29)24(30)31-15-22(28)25-13-18-8-10-20(11-9-18)26(3)4/h8-11,16-17,19,21H,5-7,12-15H2,1-4H3,(H,25,28)/t16-,17+,19+,21-/m0/s1. The predicted octanol–water partition coefficient (Wildman–Crippen LogP) is 2.59. The molecule has 1 saturated carbocycles. The zero-order valence-corrected chi connectivity index (χ0v) is 19.1. The Hall–Kier alpha value is -2.57. The van der Waals surface area contributed by atoms with Crippen molar-refractivity contribution in [3.63, 3.8) is 0 Å². The Kier molecular flexibility index (Phi) is 7.57. The van der Waals surface area contributed by atoms with Gasteiger partial charge >= 0.3 is 5.97 Å². The molecule has 2 aliphatic rings. The summed E-state index contributed by atoms with van der Waals surface area (Å²) in [5, 5.41) is 2.77. The van der Waals surface area contributed by atoms with E-state index in [9.17, 15) is 14.4 Å². The maximum Gasteiger partial charge on any atom is 0.311 e. The Bertz CT molecular complexity index is 793. The molecule has 0 unspecified atom stereocenters. The maximum absolute atomic E-state index is 12.5. The third-order valence-corrected chi connectivity index (χ3v) is 6.84. The lowest BCUT2D eigenvalue weighted by atomic mass is 9.77. The number of carbonyl (C=O) groups excluding carboxylic acids is 3. The lowest BCUT2D eigenvalue weighted by Gasteiger charge is -2.39. The van der Waals surface area contributed by atoms with E-state index < -0.39 is 11.9 Å². The number of ether oxygens (including phenoxy) is 1. The summed E-state index contributed by atoms with van der Waals surface area (Å²) >= 11 is 0. The van der Waals surface area contributed by atoms with Crippen molar-refractivity contribution in [2.75, 3.05) is 32.1 Å². The van der Waals surface area contributed by atoms with Crippen molar-refractivity contribution in [2.45, 2.75) is 52.1 Å². The average molecular weight is 430 g/mol. The van der Waals surface area contributed by atoms with E-state index in [2.05, 4.69) is 19.2 Å². The molecule has 1 aliphatic carbocycles. The van der Waals surface area contributed by atoms with Crippen molar-refractivity contribution in [2.24, 2.45) is 17.8 Å². The molecule has 31 heavy (non-hydrogen) atoms. The van der Waals surface area contributed by atoms with Gasteiger partial charge in [-0.3, -0.25) is 14.4 Å². The minimum absolute atomic E-state index is 0.0264. The molecule has 0 radical (unpaired) electrons. The lowest BCUT2D eigenvalue weighted by molar-refractivity contribution is -0.152. The van der Waals surface area contributed by atoms with Crippen molar-refractivity contribution in [3.8, 4) is 0 Å². The molecule has 1 saturated heterocycles. The number of anilines is 1. The van der Waals surface area contributed by atoms with E-state index in [0.29, 0.717) is 24.9 Å². The normalized spacial score (nSPS) is 25.9. The fraction of sp³-hybridized carbons (Fsp3) is 0.625. The quantitative estimate of drug-likeness (QED) is 0.674. The summed E-state index contributed by atoms with van der Waals surface area (Å²) in [5.41, 5.74) is 2.05. The van der Waals surface area contributed by atoms with Gasteiger partial charge in [0.1, 0.15) is 0 Å². The first kappa shape index (κ1) is 23.1. The first-order valence-electron chi connectivity index (χ1n) is 11.2. The predicted molar refractivity (Wildman–Crippen MR) is 119 cm³/mol. The highest BCUT2D eigenvalue weighted by Gasteiger charge is 2.42. The first-order valence-corrected chi connectivity index (χ1v) is 11.2. The molecule has 7 heteroatoms. The number of carbonyl (C=O) groups is 3. The Labute approximate surface area is 185 Å². The van der Waals surface area contributed by atoms with Crippen LogP contribution in [0.4, 0.5) is 5.69 Å². The molecule has 1 aliphatic heterocycles. The van der Waals surface area contributed by atoms with Gasteiger partial charge in [-0.05, 0) is 36.0 Å². The molecule has 2 amide bonds. The molecule has 7 nitrogen and oxygen atoms in total. The number of esters is 1. The minimum Gasteiger partial charge on any atom is -0.455 e. The van der Waals surface area contributed by atoms with Crippen LogP contribution >= 0.6 is 0 Å². The molecule has 0 aromatic heterocycles. The number of hydrogen-bond donors (Lipinski definition) is 1. The minimum atomic E-state index is -0.483. The highest BCUT2D eigenvalue weighted by molar-refractivity contribution is 5.88. The molecule has 170 valence electrons. The zero-order chi connectivity index (χ0) is 22.5. The second-order valence-corrected chi connectivity index (χ2v) is 9.23. The number of benzene rings is 1. The van der Waals surface area contributed by atoms with Crippen LogP contribution in [0.15, 0.2) is 24.3 Å². The number of nitrogens with one attached hydrogen (secondary N) is 1. The van der Waals surface area contributed by atoms with Gasteiger partial charge in [-0.2, -0.15) is 0 Å². The van der Waals surface area contributed by atoms with E-state index in [1.165, 1.54) is 6.42 Å². The van der Waals surface area contributed by atoms with Gasteiger partial charge in [0, 0.05) is 45.3 Å². The molecule has 0 bridgehead atoms. The van der Waals surface area contributed by atoms with Gasteiger partial charge in [0.25, 0.3) is 5.91 Å². The molecule has 1 aromatic rings. The largest absolute Gasteiger partial charge is 0.455 e. The second kappa shape index (κ2) is 10.2. The van der Waals surface area contributed by atoms with Crippen LogP contribution in [0.2, 0.25) is 0 Å². The topological polar surface area (TPSA) is 79.0 Å². The van der Waals surface area contributed by atoms with Gasteiger partial charge in [0.05, 0.1) is 5.92 Å². The maximum atomic E-state index is 12.5. The van der Waals surface area contributed by atoms with E-state index in [1.54, 1.807) is 0 Å². The van der Waals surface area contributed by atoms with Crippen molar-refractivity contribution in [3.05, 3.63) is 29.8 Å². The summed E-state index contributed by atoms with van der Waals surface area (Å²) in [5.74, 6) is -0.244. The Morgan fingerprint density at radius 3 is 2.55 bits per heavy atom. The van der Waals surface area contributed by atoms with Crippen molar-refractivity contribution in [1.29, 1.82) is 0 Å². The SMILES string of the molecule is C[C@@H]1[C@@H](C)CCC[C@@H]1N1C[C@H](C(=O)OCC(=O)NCc2ccc(N(C)C)cc2)CC1=O. The number of amides is 2. The summed E-state index contributed by atoms with van der Waals surface area (Å²) in [4.78, 5) is 41.0. The third-order valence-electron chi connectivity index (χ3n) is 6.84. The van der Waals surface area contributed by atoms with Crippen molar-refractivity contribution < 1.29 is 19.1 Å². The molecular formula is C24H35N3O4. The highest BCUT2D eigenvalue weighted by atomic mass is 16.5. The van der Waals surface area contributed by atoms with Gasteiger partial charge in [0.15, 0.2) is 6.61 Å². The van der Waals surface area contributed by atoms with Crippen molar-refractivity contribution >= 4 is 23.5 Å². The van der Waals surface area contributed by atoms with Crippen LogP contribution in [0.1, 0.15) is 45.1 Å². The monoisotopic (exact) mass is 429 g/mol. The zero-order valence-electron chi connectivity index (χ0n) is 19.1. The van der Waals surface area contributed by atoms with E-state index >= 15 is 0 Å². The summed E-state index contributed by atoms with van der Waals surface area (Å²) in [6.45, 7) is 4.89. The van der Waals surface area contributed by atoms with Crippen LogP contribution in [0.25, 0.3) is 0 Å². The number of likely N-dealkylation sites (tertiary alicyclic amines) is 1. The van der Waals surface area contributed by atoms with E-state index in [0.717, 1.165) is 24.1 Å². The van der Waals surface area contributed by atoms with Crippen molar-refractivity contribution in [1.82, 2.24) is 10.2 Å². The van der Waals surface area contributed by atoms with E-state index in [-0.39, 0.29) is 30.9 Å². The van der Waals surface area contributed by atoms with Crippen LogP contribution in [-0.2, 0) is 25.7 Å². The van der Waals surface area contributed by atoms with Gasteiger partial charge in [-0.1, -0.05) is 38.8 Å². The molecule has 0 spiro atoms. The summed E-state index contributed by atoms with van der Waals surface area (Å²) in [6.07, 6.45) is 3.49. The summed E-state index contributed by atoms with van der Waals surface area (Å²) < 4.78 is 5.22. The van der Waals surface area contributed by atoms with Crippen LogP contribution in [0.3, 0.4) is 0 Å². The van der Waals surface area contributed by atoms with Gasteiger partial charge in [-0.15, -0.1) is 0 Å². The summed E-state index contributed by atoms with van der Waals surface area (Å²) in [6, 6.07) is 8.08. The van der Waals surface area contributed by atoms with Gasteiger partial charge in [0.2, 0.25) is 5.91 Å². The molecule has 1 heterocycles. The fourth-order valence-electron chi connectivity index (χ4n) is 4.62. The molecule has 4 atom stereocenters. The highest BCUT2D eigenvalue weighted by Crippen LogP contribution is 2.35. The van der Waals surface area contributed by atoms with Crippen LogP contribution in [0.5, 0.6) is 0 Å². The summed E-state index contributed by atoms with van der Waals surface area (Å²) in [7, 11) is 3.94. The molecular weight excluding hydrogens is 394 g/mol. The first-order chi connectivity index (χ1) is 14.8. The molecule has 1 N–H and O–H groups in total. The van der Waals surface area contributed by atoms with E-state index in [4.69, 9.17) is 4.74 Å². The fourth-order valence-corrected chi connectivity index (χ4v) is 4.62. The molecule has 3 rings (SSSR count). The Balaban J connectivity index is 1.43. The number of hydrogen-bond acceptors (Lipinski definition) is 5. The van der Waals surface area contributed by atoms with Crippen LogP contribution in [0, 0.1) is 17.8 Å². The average Bonchev–Trinajstić information content (AvgIpc) is 3.14. The smallest absolute Gasteiger partial charge is 0.311 e. The lowest BCUT2D eigenvalue weighted by Crippen LogP contribution is -2.45. The number of rotatable bonds is 7. The van der Waals surface area contributed by atoms with Gasteiger partial charge in [-0.25, -0.2) is 0 Å². The van der Waals surface area contributed by atoms with Crippen LogP contribution in [-0.4, -0.2) is 56.0 Å². The van der Waals surface area contributed by atoms with E-state index in [1.807, 2.05) is 48.2 Å². The molecule has 1 aromatic carbocycles. The van der Waals surface area contributed by atoms with Crippen LogP contribution < -0.4 is 10.2 Å². The second-order valence-electron chi connectivity index (χ2n) is 9.23. The molecule has 2 fully saturated rings. The number of nitrogens with zero attached hydrogens (tertiary/aromatic N) is 2.